The minimum absolute atomic E-state index is 0.0248. The van der Waals surface area contributed by atoms with Gasteiger partial charge in [0.05, 0.1) is 13.0 Å². The van der Waals surface area contributed by atoms with Crippen LogP contribution in [0.1, 0.15) is 12.5 Å². The Morgan fingerprint density at radius 3 is 2.54 bits per heavy atom. The van der Waals surface area contributed by atoms with Crippen molar-refractivity contribution in [3.8, 4) is 16.2 Å². The number of ether oxygens (including phenoxy) is 1. The van der Waals surface area contributed by atoms with Gasteiger partial charge in [0.25, 0.3) is 0 Å². The fourth-order valence-electron chi connectivity index (χ4n) is 2.49. The lowest BCUT2D eigenvalue weighted by atomic mass is 10.1. The van der Waals surface area contributed by atoms with E-state index < -0.39 is 0 Å². The van der Waals surface area contributed by atoms with Gasteiger partial charge in [-0.3, -0.25) is 4.79 Å². The van der Waals surface area contributed by atoms with E-state index in [9.17, 15) is 4.79 Å². The molecule has 3 nitrogen and oxygen atoms in total. The summed E-state index contributed by atoms with van der Waals surface area (Å²) in [6.45, 7) is 2.59. The Hall–Kier alpha value is -2.59. The normalized spacial score (nSPS) is 10.4. The predicted molar refractivity (Wildman–Crippen MR) is 99.7 cm³/mol. The Kier molecular flexibility index (Phi) is 5.29. The highest BCUT2D eigenvalue weighted by Gasteiger charge is 2.09. The predicted octanol–water partition coefficient (Wildman–Crippen LogP) is 5.00. The smallest absolute Gasteiger partial charge is 0.228 e. The third kappa shape index (κ3) is 4.03. The first-order valence-corrected chi connectivity index (χ1v) is 8.78. The van der Waals surface area contributed by atoms with Gasteiger partial charge in [-0.15, -0.1) is 11.3 Å². The van der Waals surface area contributed by atoms with Crippen LogP contribution in [-0.4, -0.2) is 12.5 Å². The molecule has 0 unspecified atom stereocenters. The van der Waals surface area contributed by atoms with Crippen LogP contribution >= 0.6 is 11.3 Å². The molecule has 3 rings (SSSR count). The van der Waals surface area contributed by atoms with E-state index in [1.807, 2.05) is 66.9 Å². The summed E-state index contributed by atoms with van der Waals surface area (Å²) in [5.74, 6) is 0.799. The summed E-state index contributed by atoms with van der Waals surface area (Å²) in [4.78, 5) is 13.5. The lowest BCUT2D eigenvalue weighted by Gasteiger charge is -2.10. The standard InChI is InChI=1S/C20H19NO2S/c1-2-23-16-11-9-15(10-12-16)14-20(22)21-18-7-4-3-6-17(18)19-8-5-13-24-19/h3-13H,2,14H2,1H3,(H,21,22). The summed E-state index contributed by atoms with van der Waals surface area (Å²) in [5, 5.41) is 5.06. The molecule has 0 saturated heterocycles. The number of carbonyl (C=O) groups is 1. The molecule has 0 fully saturated rings. The Morgan fingerprint density at radius 2 is 1.83 bits per heavy atom. The molecule has 4 heteroatoms. The van der Waals surface area contributed by atoms with Gasteiger partial charge in [-0.05, 0) is 42.1 Å². The topological polar surface area (TPSA) is 38.3 Å². The molecule has 0 bridgehead atoms. The lowest BCUT2D eigenvalue weighted by Crippen LogP contribution is -2.14. The second-order valence-corrected chi connectivity index (χ2v) is 6.27. The van der Waals surface area contributed by atoms with E-state index in [0.29, 0.717) is 13.0 Å². The van der Waals surface area contributed by atoms with Crippen molar-refractivity contribution in [2.45, 2.75) is 13.3 Å². The van der Waals surface area contributed by atoms with Gasteiger partial charge in [0.15, 0.2) is 0 Å². The molecular weight excluding hydrogens is 318 g/mol. The summed E-state index contributed by atoms with van der Waals surface area (Å²) in [7, 11) is 0. The maximum atomic E-state index is 12.4. The molecule has 122 valence electrons. The molecule has 1 heterocycles. The first kappa shape index (κ1) is 16.3. The average Bonchev–Trinajstić information content (AvgIpc) is 3.12. The Balaban J connectivity index is 1.69. The maximum absolute atomic E-state index is 12.4. The Bertz CT molecular complexity index is 795. The molecule has 0 aliphatic rings. The van der Waals surface area contributed by atoms with Gasteiger partial charge < -0.3 is 10.1 Å². The zero-order valence-electron chi connectivity index (χ0n) is 13.5. The van der Waals surface area contributed by atoms with Crippen molar-refractivity contribution in [1.29, 1.82) is 0 Å². The Labute approximate surface area is 145 Å². The van der Waals surface area contributed by atoms with E-state index in [4.69, 9.17) is 4.74 Å². The highest BCUT2D eigenvalue weighted by Crippen LogP contribution is 2.31. The van der Waals surface area contributed by atoms with Gasteiger partial charge in [0.1, 0.15) is 5.75 Å². The SMILES string of the molecule is CCOc1ccc(CC(=O)Nc2ccccc2-c2cccs2)cc1. The van der Waals surface area contributed by atoms with Crippen LogP contribution in [0.5, 0.6) is 5.75 Å². The van der Waals surface area contributed by atoms with Crippen molar-refractivity contribution in [3.05, 3.63) is 71.6 Å². The number of amides is 1. The highest BCUT2D eigenvalue weighted by atomic mass is 32.1. The van der Waals surface area contributed by atoms with Crippen molar-refractivity contribution in [1.82, 2.24) is 0 Å². The number of carbonyl (C=O) groups excluding carboxylic acids is 1. The van der Waals surface area contributed by atoms with E-state index in [0.717, 1.165) is 27.4 Å². The quantitative estimate of drug-likeness (QED) is 0.688. The number of nitrogens with one attached hydrogen (secondary N) is 1. The average molecular weight is 337 g/mol. The third-order valence-corrected chi connectivity index (χ3v) is 4.49. The zero-order chi connectivity index (χ0) is 16.8. The summed E-state index contributed by atoms with van der Waals surface area (Å²) in [6, 6.07) is 19.6. The molecule has 1 aromatic heterocycles. The molecular formula is C20H19NO2S. The number of hydrogen-bond donors (Lipinski definition) is 1. The van der Waals surface area contributed by atoms with Crippen LogP contribution < -0.4 is 10.1 Å². The van der Waals surface area contributed by atoms with Gasteiger partial charge in [0.2, 0.25) is 5.91 Å². The summed E-state index contributed by atoms with van der Waals surface area (Å²) in [6.07, 6.45) is 0.338. The van der Waals surface area contributed by atoms with Gasteiger partial charge in [-0.2, -0.15) is 0 Å². The van der Waals surface area contributed by atoms with E-state index >= 15 is 0 Å². The molecule has 0 atom stereocenters. The summed E-state index contributed by atoms with van der Waals surface area (Å²) in [5.41, 5.74) is 2.85. The van der Waals surface area contributed by atoms with Crippen molar-refractivity contribution >= 4 is 22.9 Å². The number of hydrogen-bond acceptors (Lipinski definition) is 3. The minimum Gasteiger partial charge on any atom is -0.494 e. The molecule has 0 aliphatic carbocycles. The molecule has 1 amide bonds. The van der Waals surface area contributed by atoms with Crippen molar-refractivity contribution in [3.63, 3.8) is 0 Å². The van der Waals surface area contributed by atoms with Crippen LogP contribution in [0.25, 0.3) is 10.4 Å². The van der Waals surface area contributed by atoms with Crippen molar-refractivity contribution < 1.29 is 9.53 Å². The molecule has 0 radical (unpaired) electrons. The minimum atomic E-state index is -0.0248. The second kappa shape index (κ2) is 7.79. The molecule has 2 aromatic carbocycles. The van der Waals surface area contributed by atoms with Crippen LogP contribution in [-0.2, 0) is 11.2 Å². The van der Waals surface area contributed by atoms with Crippen LogP contribution in [0.3, 0.4) is 0 Å². The lowest BCUT2D eigenvalue weighted by molar-refractivity contribution is -0.115. The first-order chi connectivity index (χ1) is 11.8. The van der Waals surface area contributed by atoms with Gasteiger partial charge >= 0.3 is 0 Å². The second-order valence-electron chi connectivity index (χ2n) is 5.32. The number of anilines is 1. The molecule has 1 N–H and O–H groups in total. The number of rotatable bonds is 6. The Morgan fingerprint density at radius 1 is 1.04 bits per heavy atom. The van der Waals surface area contributed by atoms with Crippen LogP contribution in [0, 0.1) is 0 Å². The van der Waals surface area contributed by atoms with E-state index in [2.05, 4.69) is 11.4 Å². The molecule has 3 aromatic rings. The number of para-hydroxylation sites is 1. The van der Waals surface area contributed by atoms with Gasteiger partial charge in [-0.1, -0.05) is 36.4 Å². The third-order valence-electron chi connectivity index (χ3n) is 3.59. The van der Waals surface area contributed by atoms with Gasteiger partial charge in [0, 0.05) is 16.1 Å². The molecule has 24 heavy (non-hydrogen) atoms. The van der Waals surface area contributed by atoms with E-state index in [1.54, 1.807) is 11.3 Å². The fourth-order valence-corrected chi connectivity index (χ4v) is 3.25. The number of benzene rings is 2. The summed E-state index contributed by atoms with van der Waals surface area (Å²) < 4.78 is 5.42. The van der Waals surface area contributed by atoms with Gasteiger partial charge in [-0.25, -0.2) is 0 Å². The van der Waals surface area contributed by atoms with E-state index in [1.165, 1.54) is 0 Å². The largest absolute Gasteiger partial charge is 0.494 e. The monoisotopic (exact) mass is 337 g/mol. The molecule has 0 saturated carbocycles. The van der Waals surface area contributed by atoms with E-state index in [-0.39, 0.29) is 5.91 Å². The van der Waals surface area contributed by atoms with Crippen LogP contribution in [0.2, 0.25) is 0 Å². The summed E-state index contributed by atoms with van der Waals surface area (Å²) >= 11 is 1.66. The first-order valence-electron chi connectivity index (χ1n) is 7.91. The molecule has 0 aliphatic heterocycles. The van der Waals surface area contributed by atoms with Crippen molar-refractivity contribution in [2.75, 3.05) is 11.9 Å². The fraction of sp³-hybridized carbons (Fsp3) is 0.150. The maximum Gasteiger partial charge on any atom is 0.228 e. The van der Waals surface area contributed by atoms with Crippen LogP contribution in [0.15, 0.2) is 66.0 Å². The zero-order valence-corrected chi connectivity index (χ0v) is 14.3. The molecule has 0 spiro atoms. The number of thiophene rings is 1. The van der Waals surface area contributed by atoms with Crippen molar-refractivity contribution in [2.24, 2.45) is 0 Å². The van der Waals surface area contributed by atoms with Crippen LogP contribution in [0.4, 0.5) is 5.69 Å². The highest BCUT2D eigenvalue weighted by molar-refractivity contribution is 7.13.